The van der Waals surface area contributed by atoms with E-state index in [4.69, 9.17) is 0 Å². The van der Waals surface area contributed by atoms with Crippen molar-refractivity contribution in [2.24, 2.45) is 0 Å². The van der Waals surface area contributed by atoms with Gasteiger partial charge in [-0.2, -0.15) is 0 Å². The van der Waals surface area contributed by atoms with E-state index >= 15 is 0 Å². The number of hydrogen-bond donors (Lipinski definition) is 0. The second-order valence-corrected chi connectivity index (χ2v) is 12.0. The molecule has 0 radical (unpaired) electrons. The van der Waals surface area contributed by atoms with Gasteiger partial charge in [0.1, 0.15) is 0 Å². The van der Waals surface area contributed by atoms with Crippen molar-refractivity contribution in [3.63, 3.8) is 0 Å². The SMILES string of the molecule is C=CCN(CC=C)[PH](N1CCCCC1)(N1CCCCC1)N1CCCCC1. The van der Waals surface area contributed by atoms with E-state index in [0.29, 0.717) is 0 Å². The Morgan fingerprint density at radius 2 is 0.885 bits per heavy atom. The summed E-state index contributed by atoms with van der Waals surface area (Å²) >= 11 is 0. The predicted octanol–water partition coefficient (Wildman–Crippen LogP) is 4.53. The van der Waals surface area contributed by atoms with Crippen molar-refractivity contribution in [1.29, 1.82) is 0 Å². The van der Waals surface area contributed by atoms with E-state index in [-0.39, 0.29) is 0 Å². The molecular formula is C21H41N4P. The van der Waals surface area contributed by atoms with Crippen molar-refractivity contribution >= 4 is 7.87 Å². The average molecular weight is 381 g/mol. The van der Waals surface area contributed by atoms with Crippen molar-refractivity contribution in [1.82, 2.24) is 18.7 Å². The molecule has 26 heavy (non-hydrogen) atoms. The first-order chi connectivity index (χ1) is 12.8. The normalized spacial score (nSPS) is 25.3. The van der Waals surface area contributed by atoms with E-state index in [9.17, 15) is 0 Å². The zero-order chi connectivity index (χ0) is 18.2. The van der Waals surface area contributed by atoms with Gasteiger partial charge in [-0.05, 0) is 0 Å². The second kappa shape index (κ2) is 10.3. The van der Waals surface area contributed by atoms with Crippen LogP contribution in [-0.4, -0.2) is 71.0 Å². The Morgan fingerprint density at radius 3 is 1.15 bits per heavy atom. The van der Waals surface area contributed by atoms with E-state index in [0.717, 1.165) is 13.1 Å². The van der Waals surface area contributed by atoms with Crippen LogP contribution in [0.1, 0.15) is 57.8 Å². The van der Waals surface area contributed by atoms with E-state index in [2.05, 4.69) is 44.0 Å². The standard InChI is InChI=1S/C21H41N4P/c1-3-14-22(15-4-2)26(23-16-8-5-9-17-23,24-18-10-6-11-19-24)25-20-12-7-13-21-25/h3-4,26H,1-2,5-21H2. The molecule has 3 aliphatic rings. The molecule has 0 amide bonds. The van der Waals surface area contributed by atoms with Crippen molar-refractivity contribution in [2.75, 3.05) is 52.4 Å². The molecule has 5 heteroatoms. The van der Waals surface area contributed by atoms with Gasteiger partial charge < -0.3 is 0 Å². The van der Waals surface area contributed by atoms with E-state index in [1.165, 1.54) is 97.1 Å². The summed E-state index contributed by atoms with van der Waals surface area (Å²) in [5, 5.41) is 0. The van der Waals surface area contributed by atoms with E-state index in [1.54, 1.807) is 0 Å². The van der Waals surface area contributed by atoms with Crippen LogP contribution in [0.2, 0.25) is 0 Å². The molecule has 0 unspecified atom stereocenters. The maximum atomic E-state index is 4.12. The van der Waals surface area contributed by atoms with Crippen LogP contribution in [0, 0.1) is 0 Å². The molecule has 0 aromatic heterocycles. The van der Waals surface area contributed by atoms with E-state index < -0.39 is 7.87 Å². The first-order valence-corrected chi connectivity index (χ1v) is 12.8. The summed E-state index contributed by atoms with van der Waals surface area (Å²) < 4.78 is 11.7. The molecule has 3 heterocycles. The fourth-order valence-electron chi connectivity index (χ4n) is 5.41. The monoisotopic (exact) mass is 380 g/mol. The number of piperidine rings is 3. The third kappa shape index (κ3) is 4.25. The Morgan fingerprint density at radius 1 is 0.577 bits per heavy atom. The van der Waals surface area contributed by atoms with Crippen LogP contribution in [0.3, 0.4) is 0 Å². The van der Waals surface area contributed by atoms with Crippen LogP contribution >= 0.6 is 7.87 Å². The summed E-state index contributed by atoms with van der Waals surface area (Å²) in [5.41, 5.74) is 0. The van der Waals surface area contributed by atoms with Gasteiger partial charge in [0, 0.05) is 0 Å². The van der Waals surface area contributed by atoms with Crippen LogP contribution < -0.4 is 0 Å². The first kappa shape index (κ1) is 20.5. The zero-order valence-corrected chi connectivity index (χ0v) is 17.9. The third-order valence-electron chi connectivity index (χ3n) is 6.46. The van der Waals surface area contributed by atoms with Gasteiger partial charge in [-0.15, -0.1) is 0 Å². The van der Waals surface area contributed by atoms with Gasteiger partial charge in [0.15, 0.2) is 0 Å². The third-order valence-corrected chi connectivity index (χ3v) is 11.6. The molecule has 3 saturated heterocycles. The Kier molecular flexibility index (Phi) is 8.14. The molecule has 0 N–H and O–H groups in total. The summed E-state index contributed by atoms with van der Waals surface area (Å²) in [6.45, 7) is 17.9. The van der Waals surface area contributed by atoms with Crippen LogP contribution in [0.4, 0.5) is 0 Å². The van der Waals surface area contributed by atoms with Crippen molar-refractivity contribution in [3.05, 3.63) is 25.3 Å². The molecule has 3 rings (SSSR count). The summed E-state index contributed by atoms with van der Waals surface area (Å²) in [7, 11) is -2.07. The van der Waals surface area contributed by atoms with Crippen LogP contribution in [-0.2, 0) is 0 Å². The summed E-state index contributed by atoms with van der Waals surface area (Å²) in [6, 6.07) is 0. The molecule has 150 valence electrons. The summed E-state index contributed by atoms with van der Waals surface area (Å²) in [6.07, 6.45) is 16.7. The maximum absolute atomic E-state index is 4.12. The van der Waals surface area contributed by atoms with Gasteiger partial charge >= 0.3 is 162 Å². The topological polar surface area (TPSA) is 13.0 Å². The molecule has 3 fully saturated rings. The van der Waals surface area contributed by atoms with Crippen molar-refractivity contribution < 1.29 is 0 Å². The predicted molar refractivity (Wildman–Crippen MR) is 117 cm³/mol. The van der Waals surface area contributed by atoms with Gasteiger partial charge in [0.2, 0.25) is 0 Å². The minimum atomic E-state index is -2.07. The van der Waals surface area contributed by atoms with Gasteiger partial charge in [-0.1, -0.05) is 0 Å². The molecule has 0 atom stereocenters. The van der Waals surface area contributed by atoms with Gasteiger partial charge in [-0.25, -0.2) is 0 Å². The van der Waals surface area contributed by atoms with Gasteiger partial charge in [-0.3, -0.25) is 0 Å². The number of hydrogen-bond acceptors (Lipinski definition) is 4. The van der Waals surface area contributed by atoms with Crippen molar-refractivity contribution in [3.8, 4) is 0 Å². The molecule has 0 aromatic rings. The number of nitrogens with zero attached hydrogens (tertiary/aromatic N) is 4. The van der Waals surface area contributed by atoms with Crippen LogP contribution in [0.25, 0.3) is 0 Å². The Balaban J connectivity index is 2.03. The number of rotatable bonds is 8. The summed E-state index contributed by atoms with van der Waals surface area (Å²) in [4.78, 5) is 0. The zero-order valence-electron chi connectivity index (χ0n) is 16.9. The van der Waals surface area contributed by atoms with Crippen LogP contribution in [0.15, 0.2) is 25.3 Å². The molecular weight excluding hydrogens is 339 g/mol. The Hall–Kier alpha value is -0.250. The Labute approximate surface area is 162 Å². The molecule has 0 saturated carbocycles. The molecule has 0 bridgehead atoms. The molecule has 0 spiro atoms. The molecule has 0 aliphatic carbocycles. The Bertz CT molecular complexity index is 382. The minimum absolute atomic E-state index is 0.988. The summed E-state index contributed by atoms with van der Waals surface area (Å²) in [5.74, 6) is 0. The molecule has 0 aromatic carbocycles. The molecule has 3 aliphatic heterocycles. The van der Waals surface area contributed by atoms with Gasteiger partial charge in [0.05, 0.1) is 0 Å². The fraction of sp³-hybridized carbons (Fsp3) is 0.810. The average Bonchev–Trinajstić information content (AvgIpc) is 2.71. The quantitative estimate of drug-likeness (QED) is 0.453. The first-order valence-electron chi connectivity index (χ1n) is 11.1. The van der Waals surface area contributed by atoms with Gasteiger partial charge in [0.25, 0.3) is 0 Å². The van der Waals surface area contributed by atoms with E-state index in [1.807, 2.05) is 0 Å². The second-order valence-electron chi connectivity index (χ2n) is 8.23. The van der Waals surface area contributed by atoms with Crippen LogP contribution in [0.5, 0.6) is 0 Å². The molecule has 4 nitrogen and oxygen atoms in total. The fourth-order valence-corrected chi connectivity index (χ4v) is 11.3. The van der Waals surface area contributed by atoms with Crippen molar-refractivity contribution in [2.45, 2.75) is 57.8 Å².